The number of piperazine rings is 1. The van der Waals surface area contributed by atoms with Crippen LogP contribution in [0.25, 0.3) is 0 Å². The highest BCUT2D eigenvalue weighted by atomic mass is 16.5. The van der Waals surface area contributed by atoms with Crippen LogP contribution in [-0.2, 0) is 9.53 Å². The highest BCUT2D eigenvalue weighted by molar-refractivity contribution is 5.78. The van der Waals surface area contributed by atoms with Crippen molar-refractivity contribution in [3.05, 3.63) is 0 Å². The Morgan fingerprint density at radius 2 is 1.68 bits per heavy atom. The van der Waals surface area contributed by atoms with Crippen LogP contribution < -0.4 is 5.32 Å². The number of likely N-dealkylation sites (tertiary alicyclic amines) is 1. The smallest absolute Gasteiger partial charge is 0.317 e. The molecule has 2 rings (SSSR count). The number of rotatable bonds is 8. The first-order valence-corrected chi connectivity index (χ1v) is 9.67. The summed E-state index contributed by atoms with van der Waals surface area (Å²) in [6, 6.07) is -0.00520. The Bertz CT molecular complexity index is 417. The molecule has 2 saturated heterocycles. The standard InChI is InChI=1S/C18H34N4O3/c1-16(2)15-25-13-5-6-19-18(24)22-11-9-20(10-12-22)14-17(23)21-7-3-4-8-21/h16H,3-15H2,1-2H3,(H,19,24). The number of hydrogen-bond acceptors (Lipinski definition) is 4. The van der Waals surface area contributed by atoms with Gasteiger partial charge in [0.1, 0.15) is 0 Å². The minimum Gasteiger partial charge on any atom is -0.381 e. The quantitative estimate of drug-likeness (QED) is 0.661. The van der Waals surface area contributed by atoms with Crippen LogP contribution in [0.15, 0.2) is 0 Å². The largest absolute Gasteiger partial charge is 0.381 e. The average Bonchev–Trinajstić information content (AvgIpc) is 3.13. The molecule has 3 amide bonds. The highest BCUT2D eigenvalue weighted by Crippen LogP contribution is 2.09. The number of amides is 3. The van der Waals surface area contributed by atoms with E-state index in [1.165, 1.54) is 0 Å². The fourth-order valence-corrected chi connectivity index (χ4v) is 3.17. The molecule has 0 aromatic rings. The Labute approximate surface area is 151 Å². The van der Waals surface area contributed by atoms with Gasteiger partial charge in [0.2, 0.25) is 5.91 Å². The molecule has 0 aromatic carbocycles. The molecule has 0 saturated carbocycles. The van der Waals surface area contributed by atoms with Gasteiger partial charge in [-0.3, -0.25) is 9.69 Å². The van der Waals surface area contributed by atoms with Crippen LogP contribution in [0.4, 0.5) is 4.79 Å². The Kier molecular flexibility index (Phi) is 8.48. The van der Waals surface area contributed by atoms with Gasteiger partial charge in [-0.15, -0.1) is 0 Å². The first-order valence-electron chi connectivity index (χ1n) is 9.67. The van der Waals surface area contributed by atoms with E-state index in [2.05, 4.69) is 24.1 Å². The van der Waals surface area contributed by atoms with Gasteiger partial charge in [-0.2, -0.15) is 0 Å². The maximum absolute atomic E-state index is 12.2. The van der Waals surface area contributed by atoms with Crippen molar-refractivity contribution in [2.45, 2.75) is 33.1 Å². The molecule has 1 N–H and O–H groups in total. The van der Waals surface area contributed by atoms with E-state index in [-0.39, 0.29) is 11.9 Å². The third-order valence-electron chi connectivity index (χ3n) is 4.67. The predicted octanol–water partition coefficient (Wildman–Crippen LogP) is 0.999. The summed E-state index contributed by atoms with van der Waals surface area (Å²) in [4.78, 5) is 30.3. The lowest BCUT2D eigenvalue weighted by Gasteiger charge is -2.35. The first kappa shape index (κ1) is 20.0. The van der Waals surface area contributed by atoms with Crippen LogP contribution in [0.1, 0.15) is 33.1 Å². The van der Waals surface area contributed by atoms with Crippen LogP contribution in [0.5, 0.6) is 0 Å². The second-order valence-corrected chi connectivity index (χ2v) is 7.41. The fourth-order valence-electron chi connectivity index (χ4n) is 3.17. The molecular weight excluding hydrogens is 320 g/mol. The van der Waals surface area contributed by atoms with Crippen LogP contribution in [0.3, 0.4) is 0 Å². The molecule has 0 radical (unpaired) electrons. The number of ether oxygens (including phenoxy) is 1. The molecule has 0 bridgehead atoms. The van der Waals surface area contributed by atoms with Crippen LogP contribution in [0.2, 0.25) is 0 Å². The van der Waals surface area contributed by atoms with E-state index in [1.807, 2.05) is 9.80 Å². The van der Waals surface area contributed by atoms with Gasteiger partial charge < -0.3 is 19.9 Å². The minimum atomic E-state index is -0.00520. The van der Waals surface area contributed by atoms with Crippen molar-refractivity contribution >= 4 is 11.9 Å². The summed E-state index contributed by atoms with van der Waals surface area (Å²) in [6.07, 6.45) is 3.09. The summed E-state index contributed by atoms with van der Waals surface area (Å²) in [7, 11) is 0. The van der Waals surface area contributed by atoms with E-state index in [1.54, 1.807) is 0 Å². The molecule has 2 aliphatic heterocycles. The Balaban J connectivity index is 1.54. The summed E-state index contributed by atoms with van der Waals surface area (Å²) < 4.78 is 5.51. The van der Waals surface area contributed by atoms with Crippen molar-refractivity contribution in [3.8, 4) is 0 Å². The summed E-state index contributed by atoms with van der Waals surface area (Å²) >= 11 is 0. The van der Waals surface area contributed by atoms with E-state index in [4.69, 9.17) is 4.74 Å². The second-order valence-electron chi connectivity index (χ2n) is 7.41. The minimum absolute atomic E-state index is 0.00520. The lowest BCUT2D eigenvalue weighted by molar-refractivity contribution is -0.131. The number of urea groups is 1. The van der Waals surface area contributed by atoms with Crippen molar-refractivity contribution in [2.24, 2.45) is 5.92 Å². The van der Waals surface area contributed by atoms with Crippen molar-refractivity contribution in [2.75, 3.05) is 65.6 Å². The zero-order valence-electron chi connectivity index (χ0n) is 15.8. The lowest BCUT2D eigenvalue weighted by Crippen LogP contribution is -2.53. The Hall–Kier alpha value is -1.34. The predicted molar refractivity (Wildman–Crippen MR) is 97.5 cm³/mol. The number of nitrogens with zero attached hydrogens (tertiary/aromatic N) is 3. The molecule has 144 valence electrons. The number of nitrogens with one attached hydrogen (secondary N) is 1. The Morgan fingerprint density at radius 1 is 1.00 bits per heavy atom. The van der Waals surface area contributed by atoms with Gasteiger partial charge in [-0.1, -0.05) is 13.8 Å². The van der Waals surface area contributed by atoms with E-state index in [9.17, 15) is 9.59 Å². The van der Waals surface area contributed by atoms with Gasteiger partial charge in [-0.05, 0) is 25.2 Å². The van der Waals surface area contributed by atoms with Gasteiger partial charge in [0.15, 0.2) is 0 Å². The average molecular weight is 354 g/mol. The van der Waals surface area contributed by atoms with Crippen molar-refractivity contribution in [1.29, 1.82) is 0 Å². The SMILES string of the molecule is CC(C)COCCCNC(=O)N1CCN(CC(=O)N2CCCC2)CC1. The monoisotopic (exact) mass is 354 g/mol. The molecule has 0 aliphatic carbocycles. The molecule has 0 aromatic heterocycles. The fraction of sp³-hybridized carbons (Fsp3) is 0.889. The summed E-state index contributed by atoms with van der Waals surface area (Å²) in [6.45, 7) is 11.6. The van der Waals surface area contributed by atoms with Crippen molar-refractivity contribution in [1.82, 2.24) is 20.0 Å². The number of carbonyl (C=O) groups is 2. The molecule has 7 heteroatoms. The highest BCUT2D eigenvalue weighted by Gasteiger charge is 2.25. The third-order valence-corrected chi connectivity index (χ3v) is 4.67. The zero-order valence-corrected chi connectivity index (χ0v) is 15.8. The normalized spacial score (nSPS) is 18.8. The molecule has 2 fully saturated rings. The van der Waals surface area contributed by atoms with E-state index >= 15 is 0 Å². The van der Waals surface area contributed by atoms with Crippen LogP contribution in [-0.4, -0.2) is 92.2 Å². The first-order chi connectivity index (χ1) is 12.1. The topological polar surface area (TPSA) is 65.1 Å². The number of hydrogen-bond donors (Lipinski definition) is 1. The summed E-state index contributed by atoms with van der Waals surface area (Å²) in [5, 5.41) is 2.95. The summed E-state index contributed by atoms with van der Waals surface area (Å²) in [5.74, 6) is 0.778. The zero-order chi connectivity index (χ0) is 18.1. The van der Waals surface area contributed by atoms with Crippen molar-refractivity contribution < 1.29 is 14.3 Å². The molecule has 2 heterocycles. The molecule has 7 nitrogen and oxygen atoms in total. The van der Waals surface area contributed by atoms with Gasteiger partial charge in [-0.25, -0.2) is 4.79 Å². The van der Waals surface area contributed by atoms with E-state index in [0.717, 1.165) is 52.0 Å². The van der Waals surface area contributed by atoms with Gasteiger partial charge in [0, 0.05) is 59.0 Å². The molecule has 0 spiro atoms. The summed E-state index contributed by atoms with van der Waals surface area (Å²) in [5.41, 5.74) is 0. The van der Waals surface area contributed by atoms with Gasteiger partial charge in [0.05, 0.1) is 6.54 Å². The lowest BCUT2D eigenvalue weighted by atomic mass is 10.2. The second kappa shape index (κ2) is 10.6. The molecule has 0 unspecified atom stereocenters. The van der Waals surface area contributed by atoms with Crippen molar-refractivity contribution in [3.63, 3.8) is 0 Å². The molecule has 2 aliphatic rings. The van der Waals surface area contributed by atoms with E-state index < -0.39 is 0 Å². The maximum atomic E-state index is 12.2. The molecule has 25 heavy (non-hydrogen) atoms. The maximum Gasteiger partial charge on any atom is 0.317 e. The third kappa shape index (κ3) is 7.20. The van der Waals surface area contributed by atoms with E-state index in [0.29, 0.717) is 38.7 Å². The van der Waals surface area contributed by atoms with Gasteiger partial charge >= 0.3 is 6.03 Å². The van der Waals surface area contributed by atoms with Gasteiger partial charge in [0.25, 0.3) is 0 Å². The number of carbonyl (C=O) groups excluding carboxylic acids is 2. The molecule has 0 atom stereocenters. The van der Waals surface area contributed by atoms with Crippen LogP contribution in [0, 0.1) is 5.92 Å². The Morgan fingerprint density at radius 3 is 2.32 bits per heavy atom. The molecular formula is C18H34N4O3. The van der Waals surface area contributed by atoms with Crippen LogP contribution >= 0.6 is 0 Å².